The number of aliphatic hydroxyl groups is 1. The first kappa shape index (κ1) is 16.7. The van der Waals surface area contributed by atoms with Crippen molar-refractivity contribution >= 4 is 11.8 Å². The van der Waals surface area contributed by atoms with Crippen molar-refractivity contribution in [2.45, 2.75) is 37.9 Å². The molecule has 3 aromatic rings. The topological polar surface area (TPSA) is 50.9 Å². The Bertz CT molecular complexity index is 815. The number of pyridine rings is 1. The highest BCUT2D eigenvalue weighted by molar-refractivity contribution is 7.98. The zero-order valence-corrected chi connectivity index (χ0v) is 14.8. The van der Waals surface area contributed by atoms with Crippen LogP contribution in [0.4, 0.5) is 0 Å². The summed E-state index contributed by atoms with van der Waals surface area (Å²) in [6.07, 6.45) is 5.32. The maximum atomic E-state index is 9.58. The van der Waals surface area contributed by atoms with E-state index in [1.54, 1.807) is 30.4 Å². The highest BCUT2D eigenvalue weighted by atomic mass is 32.2. The Morgan fingerprint density at radius 1 is 1.04 bits per heavy atom. The van der Waals surface area contributed by atoms with Crippen LogP contribution in [0.5, 0.6) is 0 Å². The Hall–Kier alpha value is -2.11. The van der Waals surface area contributed by atoms with Gasteiger partial charge >= 0.3 is 0 Å². The van der Waals surface area contributed by atoms with Crippen molar-refractivity contribution in [1.29, 1.82) is 0 Å². The minimum Gasteiger partial charge on any atom is -0.390 e. The molecule has 2 aromatic heterocycles. The normalized spacial score (nSPS) is 11.0. The third kappa shape index (κ3) is 3.86. The molecule has 0 fully saturated rings. The molecule has 4 nitrogen and oxygen atoms in total. The molecule has 0 aliphatic carbocycles. The molecule has 24 heavy (non-hydrogen) atoms. The van der Waals surface area contributed by atoms with E-state index < -0.39 is 0 Å². The second-order valence-corrected chi connectivity index (χ2v) is 6.78. The fourth-order valence-corrected chi connectivity index (χ4v) is 3.45. The summed E-state index contributed by atoms with van der Waals surface area (Å²) in [5.74, 6) is 0.860. The van der Waals surface area contributed by atoms with Gasteiger partial charge < -0.3 is 9.67 Å². The Labute approximate surface area is 146 Å². The molecule has 0 spiro atoms. The average Bonchev–Trinajstić information content (AvgIpc) is 2.98. The molecule has 5 heteroatoms. The van der Waals surface area contributed by atoms with Crippen molar-refractivity contribution in [3.05, 3.63) is 76.9 Å². The van der Waals surface area contributed by atoms with Crippen LogP contribution < -0.4 is 0 Å². The first-order valence-electron chi connectivity index (χ1n) is 7.90. The van der Waals surface area contributed by atoms with Crippen molar-refractivity contribution < 1.29 is 5.11 Å². The number of rotatable bonds is 6. The second kappa shape index (κ2) is 7.64. The van der Waals surface area contributed by atoms with Gasteiger partial charge in [-0.15, -0.1) is 0 Å². The van der Waals surface area contributed by atoms with Gasteiger partial charge in [-0.2, -0.15) is 0 Å². The SMILES string of the molecule is Cc1ccc(CSc2ncc(CO)n2Cc2ccncc2)cc1C. The van der Waals surface area contributed by atoms with Crippen LogP contribution in [0.15, 0.2) is 54.1 Å². The zero-order valence-electron chi connectivity index (χ0n) is 13.9. The van der Waals surface area contributed by atoms with Gasteiger partial charge in [0.1, 0.15) is 0 Å². The molecule has 1 N–H and O–H groups in total. The summed E-state index contributed by atoms with van der Waals surface area (Å²) in [6.45, 7) is 4.94. The fraction of sp³-hybridized carbons (Fsp3) is 0.263. The van der Waals surface area contributed by atoms with E-state index in [-0.39, 0.29) is 6.61 Å². The molecular weight excluding hydrogens is 318 g/mol. The van der Waals surface area contributed by atoms with E-state index in [1.807, 2.05) is 12.1 Å². The number of thioether (sulfide) groups is 1. The summed E-state index contributed by atoms with van der Waals surface area (Å²) in [5.41, 5.74) is 5.88. The molecule has 0 saturated carbocycles. The van der Waals surface area contributed by atoms with Gasteiger partial charge in [-0.1, -0.05) is 30.0 Å². The minimum atomic E-state index is -0.0116. The van der Waals surface area contributed by atoms with Crippen LogP contribution in [0, 0.1) is 13.8 Å². The molecule has 0 unspecified atom stereocenters. The Balaban J connectivity index is 1.78. The van der Waals surface area contributed by atoms with E-state index in [0.717, 1.165) is 22.2 Å². The molecule has 0 atom stereocenters. The van der Waals surface area contributed by atoms with Crippen LogP contribution in [0.1, 0.15) is 27.9 Å². The van der Waals surface area contributed by atoms with Gasteiger partial charge in [0.05, 0.1) is 25.0 Å². The summed E-state index contributed by atoms with van der Waals surface area (Å²) in [6, 6.07) is 10.5. The fourth-order valence-electron chi connectivity index (χ4n) is 2.51. The van der Waals surface area contributed by atoms with Crippen molar-refractivity contribution in [3.8, 4) is 0 Å². The van der Waals surface area contributed by atoms with Gasteiger partial charge in [0, 0.05) is 18.1 Å². The smallest absolute Gasteiger partial charge is 0.168 e. The second-order valence-electron chi connectivity index (χ2n) is 5.84. The average molecular weight is 339 g/mol. The maximum Gasteiger partial charge on any atom is 0.168 e. The molecule has 1 aromatic carbocycles. The molecule has 0 saturated heterocycles. The van der Waals surface area contributed by atoms with Gasteiger partial charge in [-0.05, 0) is 48.2 Å². The Kier molecular flexibility index (Phi) is 5.33. The number of hydrogen-bond acceptors (Lipinski definition) is 4. The van der Waals surface area contributed by atoms with Crippen LogP contribution in [0.2, 0.25) is 0 Å². The summed E-state index contributed by atoms with van der Waals surface area (Å²) < 4.78 is 2.07. The quantitative estimate of drug-likeness (QED) is 0.695. The number of benzene rings is 1. The standard InChI is InChI=1S/C19H21N3OS/c1-14-3-4-17(9-15(14)2)13-24-19-21-10-18(12-23)22(19)11-16-5-7-20-8-6-16/h3-10,23H,11-13H2,1-2H3. The first-order valence-corrected chi connectivity index (χ1v) is 8.89. The first-order chi connectivity index (χ1) is 11.7. The summed E-state index contributed by atoms with van der Waals surface area (Å²) in [4.78, 5) is 8.54. The predicted octanol–water partition coefficient (Wildman–Crippen LogP) is 3.73. The van der Waals surface area contributed by atoms with Gasteiger partial charge in [-0.25, -0.2) is 4.98 Å². The van der Waals surface area contributed by atoms with Gasteiger partial charge in [-0.3, -0.25) is 4.98 Å². The largest absolute Gasteiger partial charge is 0.390 e. The van der Waals surface area contributed by atoms with Crippen LogP contribution in [-0.4, -0.2) is 19.6 Å². The molecule has 124 valence electrons. The van der Waals surface area contributed by atoms with E-state index in [2.05, 4.69) is 46.6 Å². The van der Waals surface area contributed by atoms with E-state index >= 15 is 0 Å². The zero-order chi connectivity index (χ0) is 16.9. The highest BCUT2D eigenvalue weighted by Crippen LogP contribution is 2.25. The molecule has 0 amide bonds. The number of aryl methyl sites for hydroxylation is 2. The van der Waals surface area contributed by atoms with E-state index in [0.29, 0.717) is 6.54 Å². The van der Waals surface area contributed by atoms with Gasteiger partial charge in [0.25, 0.3) is 0 Å². The van der Waals surface area contributed by atoms with E-state index in [1.165, 1.54) is 16.7 Å². The molecule has 0 aliphatic rings. The molecular formula is C19H21N3OS. The molecule has 2 heterocycles. The van der Waals surface area contributed by atoms with Crippen LogP contribution in [-0.2, 0) is 18.9 Å². The number of imidazole rings is 1. The summed E-state index contributed by atoms with van der Waals surface area (Å²) >= 11 is 1.70. The van der Waals surface area contributed by atoms with Crippen LogP contribution in [0.3, 0.4) is 0 Å². The third-order valence-corrected chi connectivity index (χ3v) is 5.15. The Morgan fingerprint density at radius 2 is 1.83 bits per heavy atom. The third-order valence-electron chi connectivity index (χ3n) is 4.09. The maximum absolute atomic E-state index is 9.58. The van der Waals surface area contributed by atoms with Gasteiger partial charge in [0.15, 0.2) is 5.16 Å². The monoisotopic (exact) mass is 339 g/mol. The lowest BCUT2D eigenvalue weighted by Crippen LogP contribution is -2.06. The number of nitrogens with zero attached hydrogens (tertiary/aromatic N) is 3. The number of aromatic nitrogens is 3. The van der Waals surface area contributed by atoms with E-state index in [9.17, 15) is 5.11 Å². The van der Waals surface area contributed by atoms with Gasteiger partial charge in [0.2, 0.25) is 0 Å². The van der Waals surface area contributed by atoms with Crippen molar-refractivity contribution in [2.24, 2.45) is 0 Å². The number of hydrogen-bond donors (Lipinski definition) is 1. The summed E-state index contributed by atoms with van der Waals surface area (Å²) in [7, 11) is 0. The molecule has 0 radical (unpaired) electrons. The molecule has 0 aliphatic heterocycles. The predicted molar refractivity (Wildman–Crippen MR) is 97.0 cm³/mol. The molecule has 0 bridgehead atoms. The van der Waals surface area contributed by atoms with Crippen LogP contribution in [0.25, 0.3) is 0 Å². The number of aliphatic hydroxyl groups excluding tert-OH is 1. The lowest BCUT2D eigenvalue weighted by Gasteiger charge is -2.11. The lowest BCUT2D eigenvalue weighted by molar-refractivity contribution is 0.270. The van der Waals surface area contributed by atoms with E-state index in [4.69, 9.17) is 0 Å². The van der Waals surface area contributed by atoms with Crippen LogP contribution >= 0.6 is 11.8 Å². The minimum absolute atomic E-state index is 0.0116. The van der Waals surface area contributed by atoms with Crippen molar-refractivity contribution in [3.63, 3.8) is 0 Å². The van der Waals surface area contributed by atoms with Crippen molar-refractivity contribution in [2.75, 3.05) is 0 Å². The summed E-state index contributed by atoms with van der Waals surface area (Å²) in [5, 5.41) is 10.5. The highest BCUT2D eigenvalue weighted by Gasteiger charge is 2.11. The lowest BCUT2D eigenvalue weighted by atomic mass is 10.1. The molecule has 3 rings (SSSR count). The Morgan fingerprint density at radius 3 is 2.54 bits per heavy atom. The van der Waals surface area contributed by atoms with Crippen molar-refractivity contribution in [1.82, 2.24) is 14.5 Å².